The van der Waals surface area contributed by atoms with E-state index in [0.717, 1.165) is 21.3 Å². The molecule has 0 aromatic heterocycles. The first kappa shape index (κ1) is 101. The van der Waals surface area contributed by atoms with Crippen molar-refractivity contribution in [1.82, 2.24) is 0 Å². The maximum atomic E-state index is 9.13. The van der Waals surface area contributed by atoms with Crippen LogP contribution in [0.4, 0.5) is 0 Å². The van der Waals surface area contributed by atoms with E-state index in [0.29, 0.717) is 45.4 Å². The van der Waals surface area contributed by atoms with Crippen LogP contribution in [0.25, 0.3) is 0 Å². The molecule has 0 bridgehead atoms. The first-order valence-corrected chi connectivity index (χ1v) is 41.8. The Kier molecular flexibility index (Phi) is 55.7. The Hall–Kier alpha value is 4.03. The molecule has 0 atom stereocenters. The molecule has 2 aromatic carbocycles. The summed E-state index contributed by atoms with van der Waals surface area (Å²) < 4.78 is 26.1. The number of benzene rings is 2. The molecule has 0 aliphatic rings. The molecule has 2 aromatic rings. The Bertz CT molecular complexity index is 1900. The molecule has 474 valence electrons. The first-order valence-electron chi connectivity index (χ1n) is 26.7. The minimum atomic E-state index is -1.72. The topological polar surface area (TPSA) is 167 Å². The van der Waals surface area contributed by atoms with Crippen LogP contribution in [0.15, 0.2) is 45.3 Å². The SMILES string of the molecule is C.CC(C)(C)[Si](C)(C)Cl.CC(C)(CO)CO.CC(C)(CO)CO[Si](C)(C)C(C)(C)C.CC(C)(COc1ccc(Br)c(Cl)c1)CO[Si](C)(C)C(C)(C)C.CCC(C)(C)CO[Si](C)(C)C(C)(C)C.O=CO[O-].Oc1ccc(Br)c(Cl)c1.[Cs+].[Cs+].[H-]. The summed E-state index contributed by atoms with van der Waals surface area (Å²) in [5.41, 5.74) is -0.139. The average Bonchev–Trinajstić information content (AvgIpc) is 3.28. The zero-order valence-corrected chi connectivity index (χ0v) is 78.2. The van der Waals surface area contributed by atoms with Crippen LogP contribution >= 0.6 is 66.1 Å². The summed E-state index contributed by atoms with van der Waals surface area (Å²) in [6, 6.07) is 10.4. The zero-order chi connectivity index (χ0) is 63.6. The number of halogens is 5. The van der Waals surface area contributed by atoms with Crippen LogP contribution in [0.1, 0.15) is 161 Å². The summed E-state index contributed by atoms with van der Waals surface area (Å²) in [6.45, 7) is 66.7. The van der Waals surface area contributed by atoms with E-state index < -0.39 is 32.3 Å². The number of hydrogen-bond donors (Lipinski definition) is 4. The summed E-state index contributed by atoms with van der Waals surface area (Å²) >= 11 is 24.4. The molecule has 0 heterocycles. The van der Waals surface area contributed by atoms with Gasteiger partial charge in [0, 0.05) is 45.0 Å². The number of ether oxygens (including phenoxy) is 1. The first-order chi connectivity index (χ1) is 34.4. The molecule has 0 saturated carbocycles. The van der Waals surface area contributed by atoms with Crippen LogP contribution in [-0.2, 0) is 23.0 Å². The van der Waals surface area contributed by atoms with E-state index in [2.05, 4.69) is 207 Å². The maximum Gasteiger partial charge on any atom is 1.00 e. The van der Waals surface area contributed by atoms with Gasteiger partial charge >= 0.3 is 138 Å². The van der Waals surface area contributed by atoms with Crippen LogP contribution in [0.5, 0.6) is 11.5 Å². The number of carbonyl (C=O) groups is 1. The smallest absolute Gasteiger partial charge is 1.00 e. The zero-order valence-electron chi connectivity index (χ0n) is 57.2. The molecule has 0 spiro atoms. The van der Waals surface area contributed by atoms with Crippen molar-refractivity contribution in [2.75, 3.05) is 46.2 Å². The van der Waals surface area contributed by atoms with Crippen molar-refractivity contribution in [1.29, 1.82) is 0 Å². The second kappa shape index (κ2) is 44.6. The molecule has 0 unspecified atom stereocenters. The molecule has 22 heteroatoms. The van der Waals surface area contributed by atoms with Gasteiger partial charge in [-0.25, -0.2) is 0 Å². The largest absolute Gasteiger partial charge is 1.00 e. The molecule has 0 aliphatic carbocycles. The van der Waals surface area contributed by atoms with Crippen LogP contribution in [0, 0.1) is 21.7 Å². The van der Waals surface area contributed by atoms with Gasteiger partial charge in [0.05, 0.1) is 36.5 Å². The van der Waals surface area contributed by atoms with Gasteiger partial charge in [-0.05, 0) is 140 Å². The van der Waals surface area contributed by atoms with E-state index >= 15 is 0 Å². The third-order valence-corrected chi connectivity index (χ3v) is 35.5. The van der Waals surface area contributed by atoms with Crippen LogP contribution in [0.2, 0.25) is 82.6 Å². The Morgan fingerprint density at radius 3 is 1.04 bits per heavy atom. The molecular weight excluding hydrogens is 1530 g/mol. The molecule has 4 N–H and O–H groups in total. The molecule has 0 fully saturated rings. The van der Waals surface area contributed by atoms with Crippen molar-refractivity contribution >= 4 is 105 Å². The molecule has 2 rings (SSSR count). The fourth-order valence-corrected chi connectivity index (χ4v) is 7.74. The molecule has 0 amide bonds. The number of aliphatic hydroxyl groups excluding tert-OH is 3. The van der Waals surface area contributed by atoms with E-state index in [1.54, 1.807) is 26.0 Å². The summed E-state index contributed by atoms with van der Waals surface area (Å²) in [7, 11) is -6.28. The van der Waals surface area contributed by atoms with Crippen LogP contribution < -0.4 is 148 Å². The molecular formula is C59H119Br2Cl3Cs2O11Si4. The van der Waals surface area contributed by atoms with Gasteiger partial charge in [0.25, 0.3) is 6.47 Å². The van der Waals surface area contributed by atoms with E-state index in [1.165, 1.54) is 12.5 Å². The number of aromatic hydroxyl groups is 1. The quantitative estimate of drug-likeness (QED) is 0.0391. The molecule has 81 heavy (non-hydrogen) atoms. The Balaban J connectivity index is -0.000000113. The summed E-state index contributed by atoms with van der Waals surface area (Å²) in [6.07, 6.45) is 1.18. The van der Waals surface area contributed by atoms with E-state index in [4.69, 9.17) is 82.8 Å². The Morgan fingerprint density at radius 2 is 0.815 bits per heavy atom. The van der Waals surface area contributed by atoms with E-state index in [1.807, 2.05) is 32.0 Å². The van der Waals surface area contributed by atoms with Gasteiger partial charge in [-0.15, -0.1) is 0 Å². The second-order valence-electron chi connectivity index (χ2n) is 29.0. The van der Waals surface area contributed by atoms with Gasteiger partial charge in [0.15, 0.2) is 32.3 Å². The number of rotatable bonds is 17. The fourth-order valence-electron chi connectivity index (χ4n) is 3.35. The summed E-state index contributed by atoms with van der Waals surface area (Å²) in [5, 5.41) is 45.6. The number of carbonyl (C=O) groups excluding carboxylic acids is 1. The van der Waals surface area contributed by atoms with Gasteiger partial charge in [-0.2, -0.15) is 11.1 Å². The molecule has 0 radical (unpaired) electrons. The number of aliphatic hydroxyl groups is 3. The fraction of sp³-hybridized carbons (Fsp3) is 0.780. The average molecular weight is 1650 g/mol. The third-order valence-electron chi connectivity index (χ3n) is 14.4. The minimum absolute atomic E-state index is 0. The van der Waals surface area contributed by atoms with Crippen molar-refractivity contribution < 1.29 is 193 Å². The van der Waals surface area contributed by atoms with Crippen molar-refractivity contribution in [3.05, 3.63) is 55.4 Å². The molecule has 0 aliphatic heterocycles. The maximum absolute atomic E-state index is 9.13. The van der Waals surface area contributed by atoms with E-state index in [-0.39, 0.29) is 205 Å². The van der Waals surface area contributed by atoms with Gasteiger partial charge in [0.1, 0.15) is 11.5 Å². The third kappa shape index (κ3) is 50.3. The Morgan fingerprint density at radius 1 is 0.531 bits per heavy atom. The van der Waals surface area contributed by atoms with E-state index in [9.17, 15) is 0 Å². The van der Waals surface area contributed by atoms with Gasteiger partial charge < -0.3 is 50.0 Å². The number of phenols is 1. The predicted molar refractivity (Wildman–Crippen MR) is 360 cm³/mol. The van der Waals surface area contributed by atoms with Crippen molar-refractivity contribution in [2.24, 2.45) is 21.7 Å². The summed E-state index contributed by atoms with van der Waals surface area (Å²) in [5.74, 6) is 0.969. The minimum Gasteiger partial charge on any atom is -1.00 e. The number of hydrogen-bond acceptors (Lipinski definition) is 11. The van der Waals surface area contributed by atoms with Gasteiger partial charge in [-0.1, -0.05) is 189 Å². The van der Waals surface area contributed by atoms with Crippen molar-refractivity contribution in [3.63, 3.8) is 0 Å². The standard InChI is InChI=1S/C17H28BrClO2Si.C12H28OSi.C11H26O2Si.C6H4BrClO.C6H15ClSi.C5H12O2.CH2O3.CH4.2Cs.H/c1-16(2,3)22(6,7)21-12-17(4,5)11-20-13-8-9-14(18)15(19)10-13;1-9-12(5,6)10-13-14(7,8)11(2,3)4;1-10(2,3)14(6,7)13-9-11(4,5)8-12;7-5-2-1-4(9)3-6(5)8;1-6(2,3)8(4,5)7;1-5(2,3-6)4-7;2-1-4-3;;;;/h8-10H,11-12H2,1-7H3;9-10H2,1-8H3;12H,8-9H2,1-7H3;1-3,9H;1-5H3;6-7H,3-4H2,1-2H3;1,3H;1H4;;;/q;;;;;;;;2*+1;-1/p-1. The molecule has 11 nitrogen and oxygen atoms in total. The van der Waals surface area contributed by atoms with Crippen LogP contribution in [-0.4, -0.2) is 105 Å². The second-order valence-corrected chi connectivity index (χ2v) is 53.2. The normalized spacial score (nSPS) is 12.4. The Labute approximate surface area is 653 Å². The number of phenolic OH excluding ortho intramolecular Hbond substituents is 1. The van der Waals surface area contributed by atoms with Gasteiger partial charge in [0.2, 0.25) is 0 Å². The van der Waals surface area contributed by atoms with Crippen molar-refractivity contribution in [2.45, 2.75) is 232 Å². The van der Waals surface area contributed by atoms with Crippen molar-refractivity contribution in [3.8, 4) is 11.5 Å². The van der Waals surface area contributed by atoms with Gasteiger partial charge in [-0.3, -0.25) is 4.79 Å². The van der Waals surface area contributed by atoms with Crippen LogP contribution in [0.3, 0.4) is 0 Å². The monoisotopic (exact) mass is 1640 g/mol. The molecule has 0 saturated heterocycles. The predicted octanol–water partition coefficient (Wildman–Crippen LogP) is 13.2. The summed E-state index contributed by atoms with van der Waals surface area (Å²) in [4.78, 5) is 11.2.